The summed E-state index contributed by atoms with van der Waals surface area (Å²) in [5.41, 5.74) is 4.85. The lowest BCUT2D eigenvalue weighted by molar-refractivity contribution is 1.47. The van der Waals surface area contributed by atoms with Crippen LogP contribution in [0.4, 0.5) is 11.4 Å². The van der Waals surface area contributed by atoms with Gasteiger partial charge >= 0.3 is 0 Å². The van der Waals surface area contributed by atoms with E-state index in [0.29, 0.717) is 5.11 Å². The van der Waals surface area contributed by atoms with E-state index in [4.69, 9.17) is 12.2 Å². The summed E-state index contributed by atoms with van der Waals surface area (Å²) in [6, 6.07) is 13.9. The number of hydrogen-bond acceptors (Lipinski definition) is 4. The molecule has 6 heteroatoms. The minimum Gasteiger partial charge on any atom is -0.332 e. The fraction of sp³-hybridized carbons (Fsp3) is 0.0714. The van der Waals surface area contributed by atoms with Gasteiger partial charge in [0.1, 0.15) is 11.0 Å². The largest absolute Gasteiger partial charge is 0.332 e. The van der Waals surface area contributed by atoms with Gasteiger partial charge in [0, 0.05) is 11.4 Å². The van der Waals surface area contributed by atoms with Crippen LogP contribution >= 0.6 is 23.9 Å². The first-order valence-electron chi connectivity index (χ1n) is 6.08. The SMILES string of the molecule is Cc1ccc(NC(=S)Nc2ccc3nsnc3c2)cc1. The molecule has 0 radical (unpaired) electrons. The second-order valence-corrected chi connectivity index (χ2v) is 5.35. The standard InChI is InChI=1S/C14H12N4S2/c1-9-2-4-10(5-3-9)15-14(19)16-11-6-7-12-13(8-11)18-20-17-12/h2-8H,1H3,(H2,15,16,19). The zero-order valence-electron chi connectivity index (χ0n) is 10.8. The van der Waals surface area contributed by atoms with Crippen molar-refractivity contribution in [3.8, 4) is 0 Å². The molecule has 0 amide bonds. The molecule has 0 aliphatic carbocycles. The Morgan fingerprint density at radius 1 is 0.950 bits per heavy atom. The molecule has 3 rings (SSSR count). The Morgan fingerprint density at radius 3 is 2.40 bits per heavy atom. The number of nitrogens with zero attached hydrogens (tertiary/aromatic N) is 2. The minimum atomic E-state index is 0.552. The normalized spacial score (nSPS) is 10.4. The number of anilines is 2. The van der Waals surface area contributed by atoms with Crippen LogP contribution in [-0.2, 0) is 0 Å². The van der Waals surface area contributed by atoms with E-state index >= 15 is 0 Å². The summed E-state index contributed by atoms with van der Waals surface area (Å²) in [7, 11) is 0. The molecule has 0 atom stereocenters. The Bertz CT molecular complexity index is 749. The van der Waals surface area contributed by atoms with Crippen LogP contribution in [-0.4, -0.2) is 13.9 Å². The lowest BCUT2D eigenvalue weighted by atomic mass is 10.2. The van der Waals surface area contributed by atoms with Gasteiger partial charge in [-0.3, -0.25) is 0 Å². The van der Waals surface area contributed by atoms with Gasteiger partial charge in [0.15, 0.2) is 5.11 Å². The van der Waals surface area contributed by atoms with Crippen LogP contribution in [0.15, 0.2) is 42.5 Å². The number of benzene rings is 2. The summed E-state index contributed by atoms with van der Waals surface area (Å²) >= 11 is 6.51. The molecule has 2 N–H and O–H groups in total. The van der Waals surface area contributed by atoms with E-state index in [-0.39, 0.29) is 0 Å². The van der Waals surface area contributed by atoms with Crippen LogP contribution in [0.5, 0.6) is 0 Å². The van der Waals surface area contributed by atoms with Gasteiger partial charge < -0.3 is 10.6 Å². The van der Waals surface area contributed by atoms with Crippen LogP contribution in [0.1, 0.15) is 5.56 Å². The Kier molecular flexibility index (Phi) is 3.58. The molecule has 0 saturated carbocycles. The molecule has 4 nitrogen and oxygen atoms in total. The Balaban J connectivity index is 1.70. The van der Waals surface area contributed by atoms with Gasteiger partial charge in [0.25, 0.3) is 0 Å². The van der Waals surface area contributed by atoms with Crippen molar-refractivity contribution in [3.05, 3.63) is 48.0 Å². The number of rotatable bonds is 2. The monoisotopic (exact) mass is 300 g/mol. The van der Waals surface area contributed by atoms with E-state index in [0.717, 1.165) is 22.4 Å². The minimum absolute atomic E-state index is 0.552. The molecule has 0 unspecified atom stereocenters. The van der Waals surface area contributed by atoms with Gasteiger partial charge in [-0.05, 0) is 49.5 Å². The van der Waals surface area contributed by atoms with Crippen molar-refractivity contribution in [3.63, 3.8) is 0 Å². The smallest absolute Gasteiger partial charge is 0.175 e. The Labute approximate surface area is 126 Å². The van der Waals surface area contributed by atoms with E-state index in [1.165, 1.54) is 17.3 Å². The average molecular weight is 300 g/mol. The molecule has 0 fully saturated rings. The fourth-order valence-electron chi connectivity index (χ4n) is 1.79. The third kappa shape index (κ3) is 2.92. The van der Waals surface area contributed by atoms with E-state index in [2.05, 4.69) is 26.3 Å². The van der Waals surface area contributed by atoms with Crippen LogP contribution < -0.4 is 10.6 Å². The molecule has 20 heavy (non-hydrogen) atoms. The first kappa shape index (κ1) is 13.0. The highest BCUT2D eigenvalue weighted by atomic mass is 32.1. The summed E-state index contributed by atoms with van der Waals surface area (Å²) in [5.74, 6) is 0. The van der Waals surface area contributed by atoms with Crippen molar-refractivity contribution in [2.75, 3.05) is 10.6 Å². The highest BCUT2D eigenvalue weighted by Crippen LogP contribution is 2.17. The zero-order chi connectivity index (χ0) is 13.9. The summed E-state index contributed by atoms with van der Waals surface area (Å²) in [5, 5.41) is 6.84. The number of aromatic nitrogens is 2. The van der Waals surface area contributed by atoms with Crippen molar-refractivity contribution < 1.29 is 0 Å². The van der Waals surface area contributed by atoms with Crippen molar-refractivity contribution >= 4 is 51.5 Å². The first-order valence-corrected chi connectivity index (χ1v) is 7.21. The predicted molar refractivity (Wildman–Crippen MR) is 88.4 cm³/mol. The van der Waals surface area contributed by atoms with Crippen molar-refractivity contribution in [1.29, 1.82) is 0 Å². The van der Waals surface area contributed by atoms with Crippen LogP contribution in [0.3, 0.4) is 0 Å². The second kappa shape index (κ2) is 5.52. The maximum absolute atomic E-state index is 5.30. The molecule has 0 aliphatic rings. The summed E-state index contributed by atoms with van der Waals surface area (Å²) < 4.78 is 8.38. The molecule has 1 aromatic heterocycles. The number of aryl methyl sites for hydroxylation is 1. The van der Waals surface area contributed by atoms with E-state index in [1.54, 1.807) is 0 Å². The molecule has 2 aromatic carbocycles. The summed E-state index contributed by atoms with van der Waals surface area (Å²) in [4.78, 5) is 0. The molecular formula is C14H12N4S2. The highest BCUT2D eigenvalue weighted by molar-refractivity contribution is 7.80. The number of fused-ring (bicyclic) bond motifs is 1. The lowest BCUT2D eigenvalue weighted by Crippen LogP contribution is -2.18. The maximum Gasteiger partial charge on any atom is 0.175 e. The maximum atomic E-state index is 5.30. The van der Waals surface area contributed by atoms with Gasteiger partial charge in [-0.15, -0.1) is 0 Å². The number of thiocarbonyl (C=S) groups is 1. The molecule has 1 heterocycles. The van der Waals surface area contributed by atoms with Gasteiger partial charge in [0.2, 0.25) is 0 Å². The Hall–Kier alpha value is -2.05. The van der Waals surface area contributed by atoms with E-state index < -0.39 is 0 Å². The topological polar surface area (TPSA) is 49.8 Å². The summed E-state index contributed by atoms with van der Waals surface area (Å²) in [6.45, 7) is 2.05. The molecule has 0 aliphatic heterocycles. The quantitative estimate of drug-likeness (QED) is 0.705. The fourth-order valence-corrected chi connectivity index (χ4v) is 2.54. The van der Waals surface area contributed by atoms with Crippen molar-refractivity contribution in [2.45, 2.75) is 6.92 Å². The third-order valence-electron chi connectivity index (χ3n) is 2.82. The molecule has 100 valence electrons. The average Bonchev–Trinajstić information content (AvgIpc) is 2.89. The van der Waals surface area contributed by atoms with Crippen LogP contribution in [0, 0.1) is 6.92 Å². The molecule has 0 saturated heterocycles. The molecular weight excluding hydrogens is 288 g/mol. The zero-order valence-corrected chi connectivity index (χ0v) is 12.4. The van der Waals surface area contributed by atoms with Crippen LogP contribution in [0.2, 0.25) is 0 Å². The summed E-state index contributed by atoms with van der Waals surface area (Å²) in [6.07, 6.45) is 0. The molecule has 0 bridgehead atoms. The number of hydrogen-bond donors (Lipinski definition) is 2. The highest BCUT2D eigenvalue weighted by Gasteiger charge is 2.02. The first-order chi connectivity index (χ1) is 9.70. The Morgan fingerprint density at radius 2 is 1.60 bits per heavy atom. The number of nitrogens with one attached hydrogen (secondary N) is 2. The van der Waals surface area contributed by atoms with Crippen molar-refractivity contribution in [1.82, 2.24) is 8.75 Å². The molecule has 0 spiro atoms. The van der Waals surface area contributed by atoms with Gasteiger partial charge in [-0.2, -0.15) is 8.75 Å². The van der Waals surface area contributed by atoms with E-state index in [1.807, 2.05) is 42.5 Å². The molecule has 3 aromatic rings. The second-order valence-electron chi connectivity index (χ2n) is 4.41. The van der Waals surface area contributed by atoms with E-state index in [9.17, 15) is 0 Å². The predicted octanol–water partition coefficient (Wildman–Crippen LogP) is 3.81. The third-order valence-corrected chi connectivity index (χ3v) is 3.58. The van der Waals surface area contributed by atoms with Gasteiger partial charge in [0.05, 0.1) is 11.7 Å². The van der Waals surface area contributed by atoms with Crippen LogP contribution in [0.25, 0.3) is 11.0 Å². The van der Waals surface area contributed by atoms with Gasteiger partial charge in [-0.1, -0.05) is 17.7 Å². The lowest BCUT2D eigenvalue weighted by Gasteiger charge is -2.10. The van der Waals surface area contributed by atoms with Crippen molar-refractivity contribution in [2.24, 2.45) is 0 Å². The van der Waals surface area contributed by atoms with Gasteiger partial charge in [-0.25, -0.2) is 0 Å².